The highest BCUT2D eigenvalue weighted by molar-refractivity contribution is 7.13. The Morgan fingerprint density at radius 1 is 1.18 bits per heavy atom. The molecule has 0 unspecified atom stereocenters. The fourth-order valence-corrected chi connectivity index (χ4v) is 2.75. The summed E-state index contributed by atoms with van der Waals surface area (Å²) in [5.74, 6) is 0. The minimum Gasteiger partial charge on any atom is -0.234 e. The lowest BCUT2D eigenvalue weighted by Crippen LogP contribution is -2.06. The third-order valence-electron chi connectivity index (χ3n) is 2.86. The Bertz CT molecular complexity index is 859. The number of aromatic nitrogens is 4. The van der Waals surface area contributed by atoms with Crippen molar-refractivity contribution >= 4 is 11.3 Å². The van der Waals surface area contributed by atoms with Crippen LogP contribution >= 0.6 is 11.3 Å². The van der Waals surface area contributed by atoms with Gasteiger partial charge in [-0.1, -0.05) is 18.2 Å². The summed E-state index contributed by atoms with van der Waals surface area (Å²) in [6.45, 7) is 0. The minimum atomic E-state index is -4.46. The van der Waals surface area contributed by atoms with Crippen molar-refractivity contribution in [2.75, 3.05) is 0 Å². The van der Waals surface area contributed by atoms with E-state index in [1.807, 2.05) is 6.07 Å². The molecular weight excluding hydrogens is 315 g/mol. The number of aromatic amines is 1. The zero-order valence-corrected chi connectivity index (χ0v) is 11.5. The molecule has 0 bridgehead atoms. The molecule has 0 fully saturated rings. The molecule has 110 valence electrons. The van der Waals surface area contributed by atoms with E-state index in [2.05, 4.69) is 20.4 Å². The van der Waals surface area contributed by atoms with Crippen molar-refractivity contribution < 1.29 is 13.2 Å². The monoisotopic (exact) mass is 321 g/mol. The van der Waals surface area contributed by atoms with E-state index >= 15 is 0 Å². The molecule has 3 aromatic rings. The topological polar surface area (TPSA) is 78.2 Å². The first kappa shape index (κ1) is 14.2. The van der Waals surface area contributed by atoms with Gasteiger partial charge in [0.05, 0.1) is 5.56 Å². The molecule has 0 aliphatic rings. The van der Waals surface area contributed by atoms with Gasteiger partial charge >= 0.3 is 6.18 Å². The quantitative estimate of drug-likeness (QED) is 0.783. The SMILES string of the molecule is N#Cc1n[nH]nc1-c1csc(-c2ccccc2C(F)(F)F)n1. The number of nitrogens with zero attached hydrogens (tertiary/aromatic N) is 4. The molecule has 2 heterocycles. The molecule has 0 saturated carbocycles. The summed E-state index contributed by atoms with van der Waals surface area (Å²) < 4.78 is 39.1. The Balaban J connectivity index is 2.08. The van der Waals surface area contributed by atoms with Gasteiger partial charge in [-0.25, -0.2) is 4.98 Å². The molecule has 0 atom stereocenters. The van der Waals surface area contributed by atoms with Crippen molar-refractivity contribution in [3.8, 4) is 28.0 Å². The summed E-state index contributed by atoms with van der Waals surface area (Å²) in [6, 6.07) is 7.05. The average Bonchev–Trinajstić information content (AvgIpc) is 3.14. The lowest BCUT2D eigenvalue weighted by Gasteiger charge is -2.10. The van der Waals surface area contributed by atoms with E-state index in [1.165, 1.54) is 18.2 Å². The van der Waals surface area contributed by atoms with Crippen LogP contribution in [0.15, 0.2) is 29.6 Å². The van der Waals surface area contributed by atoms with Gasteiger partial charge in [-0.3, -0.25) is 0 Å². The second-order valence-electron chi connectivity index (χ2n) is 4.21. The molecule has 2 aromatic heterocycles. The zero-order chi connectivity index (χ0) is 15.7. The summed E-state index contributed by atoms with van der Waals surface area (Å²) in [4.78, 5) is 4.15. The molecule has 3 rings (SSSR count). The van der Waals surface area contributed by atoms with Crippen LogP contribution in [0, 0.1) is 11.3 Å². The highest BCUT2D eigenvalue weighted by Crippen LogP contribution is 2.38. The predicted octanol–water partition coefficient (Wildman–Crippen LogP) is 3.49. The largest absolute Gasteiger partial charge is 0.417 e. The second kappa shape index (κ2) is 5.23. The number of rotatable bonds is 2. The molecule has 9 heteroatoms. The summed E-state index contributed by atoms with van der Waals surface area (Å²) in [5.41, 5.74) is -0.192. The van der Waals surface area contributed by atoms with Gasteiger partial charge in [0.15, 0.2) is 5.69 Å². The maximum absolute atomic E-state index is 13.0. The molecule has 0 spiro atoms. The zero-order valence-electron chi connectivity index (χ0n) is 10.7. The molecule has 5 nitrogen and oxygen atoms in total. The van der Waals surface area contributed by atoms with Gasteiger partial charge in [0.2, 0.25) is 0 Å². The van der Waals surface area contributed by atoms with Crippen LogP contribution in [0.1, 0.15) is 11.3 Å². The normalized spacial score (nSPS) is 11.4. The van der Waals surface area contributed by atoms with Gasteiger partial charge in [0.1, 0.15) is 22.5 Å². The first-order valence-electron chi connectivity index (χ1n) is 5.94. The Morgan fingerprint density at radius 3 is 2.68 bits per heavy atom. The molecule has 0 radical (unpaired) electrons. The Morgan fingerprint density at radius 2 is 1.95 bits per heavy atom. The molecule has 1 aromatic carbocycles. The van der Waals surface area contributed by atoms with Gasteiger partial charge in [0.25, 0.3) is 0 Å². The number of hydrogen-bond donors (Lipinski definition) is 1. The van der Waals surface area contributed by atoms with Crippen LogP contribution in [0.5, 0.6) is 0 Å². The summed E-state index contributed by atoms with van der Waals surface area (Å²) in [5, 5.41) is 20.4. The van der Waals surface area contributed by atoms with Crippen molar-refractivity contribution in [1.82, 2.24) is 20.4 Å². The van der Waals surface area contributed by atoms with Crippen LogP contribution in [0.2, 0.25) is 0 Å². The number of alkyl halides is 3. The van der Waals surface area contributed by atoms with E-state index in [1.54, 1.807) is 5.38 Å². The molecule has 0 aliphatic carbocycles. The van der Waals surface area contributed by atoms with E-state index in [9.17, 15) is 13.2 Å². The van der Waals surface area contributed by atoms with E-state index in [-0.39, 0.29) is 22.0 Å². The van der Waals surface area contributed by atoms with Crippen molar-refractivity contribution in [3.05, 3.63) is 40.9 Å². The number of hydrogen-bond acceptors (Lipinski definition) is 5. The maximum atomic E-state index is 13.0. The molecule has 22 heavy (non-hydrogen) atoms. The van der Waals surface area contributed by atoms with Crippen molar-refractivity contribution in [2.24, 2.45) is 0 Å². The van der Waals surface area contributed by atoms with Gasteiger partial charge < -0.3 is 0 Å². The second-order valence-corrected chi connectivity index (χ2v) is 5.07. The van der Waals surface area contributed by atoms with Gasteiger partial charge in [-0.2, -0.15) is 28.7 Å². The molecular formula is C13H6F3N5S. The summed E-state index contributed by atoms with van der Waals surface area (Å²) in [7, 11) is 0. The molecule has 1 N–H and O–H groups in total. The van der Waals surface area contributed by atoms with E-state index in [0.29, 0.717) is 5.69 Å². The summed E-state index contributed by atoms with van der Waals surface area (Å²) in [6.07, 6.45) is -4.46. The Kier molecular flexibility index (Phi) is 3.38. The van der Waals surface area contributed by atoms with Crippen molar-refractivity contribution in [3.63, 3.8) is 0 Å². The van der Waals surface area contributed by atoms with Crippen LogP contribution in [0.4, 0.5) is 13.2 Å². The number of H-pyrrole nitrogens is 1. The number of thiazole rings is 1. The van der Waals surface area contributed by atoms with Crippen LogP contribution in [0.25, 0.3) is 22.0 Å². The predicted molar refractivity (Wildman–Crippen MR) is 72.6 cm³/mol. The van der Waals surface area contributed by atoms with E-state index in [0.717, 1.165) is 17.4 Å². The lowest BCUT2D eigenvalue weighted by molar-refractivity contribution is -0.137. The number of benzene rings is 1. The third kappa shape index (κ3) is 2.44. The Hall–Kier alpha value is -2.73. The third-order valence-corrected chi connectivity index (χ3v) is 3.74. The lowest BCUT2D eigenvalue weighted by atomic mass is 10.1. The van der Waals surface area contributed by atoms with Crippen LogP contribution in [0.3, 0.4) is 0 Å². The first-order chi connectivity index (χ1) is 10.5. The Labute approximate surface area is 126 Å². The first-order valence-corrected chi connectivity index (χ1v) is 6.82. The highest BCUT2D eigenvalue weighted by Gasteiger charge is 2.34. The molecule has 0 amide bonds. The van der Waals surface area contributed by atoms with Crippen molar-refractivity contribution in [2.45, 2.75) is 6.18 Å². The average molecular weight is 321 g/mol. The molecule has 0 saturated heterocycles. The fraction of sp³-hybridized carbons (Fsp3) is 0.0769. The standard InChI is InChI=1S/C13H6F3N5S/c14-13(15,16)8-4-2-1-3-7(8)12-18-10(6-22-12)11-9(5-17)19-21-20-11/h1-4,6H,(H,19,20,21). The van der Waals surface area contributed by atoms with Crippen molar-refractivity contribution in [1.29, 1.82) is 5.26 Å². The highest BCUT2D eigenvalue weighted by atomic mass is 32.1. The van der Waals surface area contributed by atoms with Crippen LogP contribution in [-0.4, -0.2) is 20.4 Å². The number of nitriles is 1. The van der Waals surface area contributed by atoms with Crippen LogP contribution < -0.4 is 0 Å². The minimum absolute atomic E-state index is 0.00625. The van der Waals surface area contributed by atoms with E-state index in [4.69, 9.17) is 5.26 Å². The van der Waals surface area contributed by atoms with Gasteiger partial charge in [-0.15, -0.1) is 16.4 Å². The van der Waals surface area contributed by atoms with Gasteiger partial charge in [-0.05, 0) is 6.07 Å². The van der Waals surface area contributed by atoms with Crippen LogP contribution in [-0.2, 0) is 6.18 Å². The number of nitrogens with one attached hydrogen (secondary N) is 1. The number of halogens is 3. The van der Waals surface area contributed by atoms with Gasteiger partial charge in [0, 0.05) is 10.9 Å². The smallest absolute Gasteiger partial charge is 0.234 e. The fourth-order valence-electron chi connectivity index (χ4n) is 1.91. The molecule has 0 aliphatic heterocycles. The van der Waals surface area contributed by atoms with E-state index < -0.39 is 11.7 Å². The summed E-state index contributed by atoms with van der Waals surface area (Å²) >= 11 is 1.05. The maximum Gasteiger partial charge on any atom is 0.417 e.